The molecule has 0 unspecified atom stereocenters. The summed E-state index contributed by atoms with van der Waals surface area (Å²) in [5, 5.41) is 8.98. The molecule has 4 rings (SSSR count). The lowest BCUT2D eigenvalue weighted by atomic mass is 9.93. The van der Waals surface area contributed by atoms with Crippen LogP contribution in [0.25, 0.3) is 0 Å². The van der Waals surface area contributed by atoms with Gasteiger partial charge in [-0.05, 0) is 74.4 Å². The van der Waals surface area contributed by atoms with Crippen LogP contribution in [0.3, 0.4) is 0 Å². The van der Waals surface area contributed by atoms with Gasteiger partial charge in [0, 0.05) is 38.6 Å². The highest BCUT2D eigenvalue weighted by atomic mass is 15.3. The van der Waals surface area contributed by atoms with E-state index in [1.807, 2.05) is 12.4 Å². The van der Waals surface area contributed by atoms with E-state index in [1.54, 1.807) is 0 Å². The first-order chi connectivity index (χ1) is 12.4. The van der Waals surface area contributed by atoms with Gasteiger partial charge in [-0.15, -0.1) is 5.10 Å². The van der Waals surface area contributed by atoms with E-state index in [2.05, 4.69) is 49.2 Å². The van der Waals surface area contributed by atoms with Crippen LogP contribution in [-0.2, 0) is 13.0 Å². The fourth-order valence-electron chi connectivity index (χ4n) is 4.08. The Bertz CT molecular complexity index is 652. The van der Waals surface area contributed by atoms with Crippen LogP contribution in [0, 0.1) is 5.92 Å². The molecule has 4 heterocycles. The van der Waals surface area contributed by atoms with Crippen molar-refractivity contribution in [1.29, 1.82) is 0 Å². The Labute approximate surface area is 150 Å². The minimum Gasteiger partial charge on any atom is -0.355 e. The molecule has 0 aliphatic carbocycles. The highest BCUT2D eigenvalue weighted by Crippen LogP contribution is 2.22. The van der Waals surface area contributed by atoms with Crippen LogP contribution in [0.2, 0.25) is 0 Å². The van der Waals surface area contributed by atoms with E-state index in [9.17, 15) is 0 Å². The van der Waals surface area contributed by atoms with E-state index in [4.69, 9.17) is 0 Å². The standard InChI is InChI=1S/C20H27N5/c1-2-13-25(12-1)20-6-5-19(22-23-20)14-18-4-3-11-24(16-18)15-17-7-9-21-10-8-17/h5-10,18H,1-4,11-16H2/t18-/m1/s1. The van der Waals surface area contributed by atoms with Gasteiger partial charge in [0.2, 0.25) is 0 Å². The van der Waals surface area contributed by atoms with Gasteiger partial charge in [-0.3, -0.25) is 9.88 Å². The molecule has 2 aromatic rings. The third-order valence-electron chi connectivity index (χ3n) is 5.39. The molecule has 0 saturated carbocycles. The third kappa shape index (κ3) is 4.34. The average molecular weight is 337 g/mol. The zero-order valence-electron chi connectivity index (χ0n) is 14.8. The van der Waals surface area contributed by atoms with Gasteiger partial charge in [-0.25, -0.2) is 0 Å². The molecule has 132 valence electrons. The molecule has 0 radical (unpaired) electrons. The van der Waals surface area contributed by atoms with Crippen LogP contribution >= 0.6 is 0 Å². The van der Waals surface area contributed by atoms with E-state index in [1.165, 1.54) is 37.8 Å². The second kappa shape index (κ2) is 7.91. The number of rotatable bonds is 5. The van der Waals surface area contributed by atoms with Crippen LogP contribution < -0.4 is 4.90 Å². The van der Waals surface area contributed by atoms with E-state index >= 15 is 0 Å². The Morgan fingerprint density at radius 1 is 0.920 bits per heavy atom. The number of hydrogen-bond acceptors (Lipinski definition) is 5. The molecule has 0 bridgehead atoms. The van der Waals surface area contributed by atoms with E-state index in [0.717, 1.165) is 44.1 Å². The maximum Gasteiger partial charge on any atom is 0.151 e. The Hall–Kier alpha value is -2.01. The molecule has 2 fully saturated rings. The summed E-state index contributed by atoms with van der Waals surface area (Å²) in [5.74, 6) is 1.73. The quantitative estimate of drug-likeness (QED) is 0.839. The normalized spacial score (nSPS) is 21.6. The zero-order valence-corrected chi connectivity index (χ0v) is 14.8. The fourth-order valence-corrected chi connectivity index (χ4v) is 4.08. The van der Waals surface area contributed by atoms with Crippen molar-refractivity contribution in [1.82, 2.24) is 20.1 Å². The number of nitrogens with zero attached hydrogens (tertiary/aromatic N) is 5. The Morgan fingerprint density at radius 3 is 2.52 bits per heavy atom. The van der Waals surface area contributed by atoms with Crippen LogP contribution in [0.1, 0.15) is 36.9 Å². The molecule has 2 aliphatic heterocycles. The second-order valence-electron chi connectivity index (χ2n) is 7.38. The summed E-state index contributed by atoms with van der Waals surface area (Å²) in [4.78, 5) is 9.01. The predicted molar refractivity (Wildman–Crippen MR) is 99.4 cm³/mol. The van der Waals surface area contributed by atoms with Gasteiger partial charge in [-0.2, -0.15) is 5.10 Å². The lowest BCUT2D eigenvalue weighted by Gasteiger charge is -2.32. The molecular weight excluding hydrogens is 310 g/mol. The van der Waals surface area contributed by atoms with Crippen molar-refractivity contribution in [3.63, 3.8) is 0 Å². The zero-order chi connectivity index (χ0) is 16.9. The summed E-state index contributed by atoms with van der Waals surface area (Å²) in [7, 11) is 0. The van der Waals surface area contributed by atoms with Gasteiger partial charge in [0.05, 0.1) is 5.69 Å². The smallest absolute Gasteiger partial charge is 0.151 e. The molecule has 5 nitrogen and oxygen atoms in total. The van der Waals surface area contributed by atoms with Crippen molar-refractivity contribution in [3.05, 3.63) is 47.9 Å². The molecule has 0 amide bonds. The van der Waals surface area contributed by atoms with Crippen molar-refractivity contribution >= 4 is 5.82 Å². The van der Waals surface area contributed by atoms with Crippen LogP contribution in [0.4, 0.5) is 5.82 Å². The Morgan fingerprint density at radius 2 is 1.76 bits per heavy atom. The van der Waals surface area contributed by atoms with Gasteiger partial charge >= 0.3 is 0 Å². The van der Waals surface area contributed by atoms with E-state index < -0.39 is 0 Å². The third-order valence-corrected chi connectivity index (χ3v) is 5.39. The SMILES string of the molecule is c1cc(CN2CCC[C@H](Cc3ccc(N4CCCC4)nn3)C2)ccn1. The molecule has 5 heteroatoms. The van der Waals surface area contributed by atoms with Gasteiger partial charge in [0.15, 0.2) is 5.82 Å². The van der Waals surface area contributed by atoms with Crippen molar-refractivity contribution in [3.8, 4) is 0 Å². The molecular formula is C20H27N5. The first-order valence-electron chi connectivity index (χ1n) is 9.55. The van der Waals surface area contributed by atoms with Gasteiger partial charge in [-0.1, -0.05) is 0 Å². The molecule has 1 atom stereocenters. The summed E-state index contributed by atoms with van der Waals surface area (Å²) in [6.07, 6.45) is 9.93. The molecule has 2 saturated heterocycles. The summed E-state index contributed by atoms with van der Waals surface area (Å²) in [6, 6.07) is 8.58. The average Bonchev–Trinajstić information content (AvgIpc) is 3.18. The molecule has 0 spiro atoms. The van der Waals surface area contributed by atoms with Gasteiger partial charge in [0.1, 0.15) is 0 Å². The Balaban J connectivity index is 1.32. The summed E-state index contributed by atoms with van der Waals surface area (Å²) in [5.41, 5.74) is 2.49. The number of anilines is 1. The topological polar surface area (TPSA) is 45.2 Å². The second-order valence-corrected chi connectivity index (χ2v) is 7.38. The van der Waals surface area contributed by atoms with Crippen LogP contribution in [0.15, 0.2) is 36.7 Å². The largest absolute Gasteiger partial charge is 0.355 e. The highest BCUT2D eigenvalue weighted by Gasteiger charge is 2.21. The number of aromatic nitrogens is 3. The Kier molecular flexibility index (Phi) is 5.21. The van der Waals surface area contributed by atoms with Gasteiger partial charge < -0.3 is 4.90 Å². The number of likely N-dealkylation sites (tertiary alicyclic amines) is 1. The highest BCUT2D eigenvalue weighted by molar-refractivity contribution is 5.38. The molecule has 0 N–H and O–H groups in total. The molecule has 2 aromatic heterocycles. The van der Waals surface area contributed by atoms with Crippen LogP contribution in [0.5, 0.6) is 0 Å². The van der Waals surface area contributed by atoms with Crippen molar-refractivity contribution in [2.45, 2.75) is 38.6 Å². The monoisotopic (exact) mass is 337 g/mol. The minimum absolute atomic E-state index is 0.683. The molecule has 0 aromatic carbocycles. The fraction of sp³-hybridized carbons (Fsp3) is 0.550. The van der Waals surface area contributed by atoms with Crippen molar-refractivity contribution in [2.24, 2.45) is 5.92 Å². The lowest BCUT2D eigenvalue weighted by molar-refractivity contribution is 0.166. The van der Waals surface area contributed by atoms with Gasteiger partial charge in [0.25, 0.3) is 0 Å². The summed E-state index contributed by atoms with van der Waals surface area (Å²) >= 11 is 0. The maximum atomic E-state index is 4.51. The number of pyridine rings is 1. The van der Waals surface area contributed by atoms with E-state index in [-0.39, 0.29) is 0 Å². The molecule has 25 heavy (non-hydrogen) atoms. The van der Waals surface area contributed by atoms with Crippen molar-refractivity contribution < 1.29 is 0 Å². The van der Waals surface area contributed by atoms with E-state index in [0.29, 0.717) is 5.92 Å². The predicted octanol–water partition coefficient (Wildman–Crippen LogP) is 2.93. The number of hydrogen-bond donors (Lipinski definition) is 0. The maximum absolute atomic E-state index is 4.51. The molecule has 2 aliphatic rings. The first kappa shape index (κ1) is 16.5. The first-order valence-corrected chi connectivity index (χ1v) is 9.55. The summed E-state index contributed by atoms with van der Waals surface area (Å²) < 4.78 is 0. The lowest BCUT2D eigenvalue weighted by Crippen LogP contribution is -2.35. The van der Waals surface area contributed by atoms with Crippen molar-refractivity contribution in [2.75, 3.05) is 31.1 Å². The number of piperidine rings is 1. The minimum atomic E-state index is 0.683. The van der Waals surface area contributed by atoms with Crippen LogP contribution in [-0.4, -0.2) is 46.3 Å². The summed E-state index contributed by atoms with van der Waals surface area (Å²) in [6.45, 7) is 5.62.